The number of hydrogen-bond donors (Lipinski definition) is 6. The van der Waals surface area contributed by atoms with E-state index in [1.807, 2.05) is 18.2 Å². The lowest BCUT2D eigenvalue weighted by Gasteiger charge is -2.30. The Bertz CT molecular complexity index is 3060. The topological polar surface area (TPSA) is 198 Å². The van der Waals surface area contributed by atoms with Gasteiger partial charge in [-0.25, -0.2) is 24.7 Å². The summed E-state index contributed by atoms with van der Waals surface area (Å²) in [6, 6.07) is 30.8. The minimum atomic E-state index is -0.585. The maximum absolute atomic E-state index is 12.9. The number of nitrogen functional groups attached to an aromatic ring is 1. The highest BCUT2D eigenvalue weighted by Crippen LogP contribution is 2.37. The first-order chi connectivity index (χ1) is 35.2. The van der Waals surface area contributed by atoms with E-state index in [1.165, 1.54) is 16.7 Å². The highest BCUT2D eigenvalue weighted by Gasteiger charge is 2.28. The minimum Gasteiger partial charge on any atom is -0.444 e. The molecule has 2 heterocycles. The fraction of sp³-hybridized carbons (Fsp3) is 0.328. The highest BCUT2D eigenvalue weighted by molar-refractivity contribution is 6.32. The zero-order valence-corrected chi connectivity index (χ0v) is 45.1. The Balaban J connectivity index is 0.000000241. The van der Waals surface area contributed by atoms with E-state index in [2.05, 4.69) is 79.0 Å². The number of nitrogens with one attached hydrogen (secondary N) is 5. The number of ether oxygens (including phenoxy) is 1. The second-order valence-corrected chi connectivity index (χ2v) is 20.7. The predicted octanol–water partition coefficient (Wildman–Crippen LogP) is 13.0. The molecule has 4 aromatic carbocycles. The molecule has 4 aliphatic rings. The van der Waals surface area contributed by atoms with Gasteiger partial charge in [-0.05, 0) is 156 Å². The van der Waals surface area contributed by atoms with Crippen molar-refractivity contribution in [2.75, 3.05) is 21.7 Å². The Morgan fingerprint density at radius 1 is 0.605 bits per heavy atom. The normalized spacial score (nSPS) is 18.1. The summed E-state index contributed by atoms with van der Waals surface area (Å²) in [5.41, 5.74) is 15.9. The minimum absolute atomic E-state index is 0. The molecule has 2 fully saturated rings. The molecule has 0 unspecified atom stereocenters. The average Bonchev–Trinajstić information content (AvgIpc) is 4.01. The van der Waals surface area contributed by atoms with Gasteiger partial charge in [-0.3, -0.25) is 14.9 Å². The van der Waals surface area contributed by atoms with Gasteiger partial charge in [-0.15, -0.1) is 24.8 Å². The van der Waals surface area contributed by atoms with Crippen LogP contribution in [-0.2, 0) is 17.6 Å². The largest absolute Gasteiger partial charge is 0.444 e. The molecular weight excluding hydrogens is 1040 g/mol. The monoisotopic (exact) mass is 1110 g/mol. The number of allylic oxidation sites excluding steroid dienone is 2. The van der Waals surface area contributed by atoms with Crippen LogP contribution in [0.15, 0.2) is 122 Å². The van der Waals surface area contributed by atoms with Crippen LogP contribution >= 0.6 is 48.0 Å². The van der Waals surface area contributed by atoms with Crippen LogP contribution < -0.4 is 32.3 Å². The van der Waals surface area contributed by atoms with Crippen molar-refractivity contribution in [2.24, 2.45) is 0 Å². The first-order valence-electron chi connectivity index (χ1n) is 24.9. The number of nitrogens with two attached hydrogens (primary N) is 1. The van der Waals surface area contributed by atoms with Crippen LogP contribution in [0.1, 0.15) is 134 Å². The number of anilines is 4. The smallest absolute Gasteiger partial charge is 0.412 e. The van der Waals surface area contributed by atoms with Crippen LogP contribution in [0, 0.1) is 0 Å². The molecule has 4 atom stereocenters. The van der Waals surface area contributed by atoms with E-state index >= 15 is 0 Å². The van der Waals surface area contributed by atoms with Gasteiger partial charge in [0.15, 0.2) is 0 Å². The summed E-state index contributed by atoms with van der Waals surface area (Å²) in [6.07, 6.45) is 16.2. The number of carbonyl (C=O) groups is 3. The Hall–Kier alpha value is -6.71. The molecule has 6 aromatic rings. The van der Waals surface area contributed by atoms with Crippen LogP contribution in [0.3, 0.4) is 0 Å². The van der Waals surface area contributed by atoms with E-state index in [9.17, 15) is 14.4 Å². The standard InChI is InChI=1S/C31H34ClN5O3.C26H26ClN5O.CH4.2ClH/c1-31(2,3)40-30(39)36-21-14-11-20(12-15-21)28(38)34-22-8-6-9-23(17-22)35-29-33-18-26(32)27(37-29)25-16-13-19-7-4-5-10-24(19)25;27-23-15-29-26(32-24(23)22-13-10-16-4-1-2-7-21(16)22)31-20-6-3-5-19(14-20)30-25(33)17-8-11-18(28)12-9-17;;;/h4-5,7,10-12,14-16,18,22-23H,6,8-9,13,17H2,1-3H3,(H,34,38)(H,36,39)(H,33,35,37);1-2,4,7-9,11-13,15,19-20H,3,5-6,10,14,28H2,(H,30,33)(H,29,31,32);1H4;2*1H/t22-,23+;19-,20+;;;/m00.../s1. The van der Waals surface area contributed by atoms with Gasteiger partial charge in [0.25, 0.3) is 11.8 Å². The van der Waals surface area contributed by atoms with Gasteiger partial charge < -0.3 is 31.7 Å². The molecule has 7 N–H and O–H groups in total. The van der Waals surface area contributed by atoms with Crippen molar-refractivity contribution in [3.8, 4) is 0 Å². The summed E-state index contributed by atoms with van der Waals surface area (Å²) in [5.74, 6) is 0.883. The van der Waals surface area contributed by atoms with Gasteiger partial charge >= 0.3 is 6.09 Å². The fourth-order valence-corrected chi connectivity index (χ4v) is 10.2. The molecule has 2 aromatic heterocycles. The number of halogens is 4. The van der Waals surface area contributed by atoms with E-state index in [4.69, 9.17) is 43.6 Å². The van der Waals surface area contributed by atoms with Crippen molar-refractivity contribution < 1.29 is 19.1 Å². The molecule has 0 bridgehead atoms. The van der Waals surface area contributed by atoms with E-state index in [-0.39, 0.29) is 68.2 Å². The summed E-state index contributed by atoms with van der Waals surface area (Å²) in [7, 11) is 0. The second-order valence-electron chi connectivity index (χ2n) is 19.9. The molecule has 4 aliphatic carbocycles. The Morgan fingerprint density at radius 3 is 1.47 bits per heavy atom. The van der Waals surface area contributed by atoms with Gasteiger partial charge in [0.2, 0.25) is 11.9 Å². The molecule has 3 amide bonds. The van der Waals surface area contributed by atoms with Crippen molar-refractivity contribution in [3.63, 3.8) is 0 Å². The first-order valence-corrected chi connectivity index (χ1v) is 25.7. The quantitative estimate of drug-likeness (QED) is 0.0675. The highest BCUT2D eigenvalue weighted by atomic mass is 35.5. The van der Waals surface area contributed by atoms with Crippen LogP contribution in [0.25, 0.3) is 11.1 Å². The number of benzene rings is 4. The molecule has 10 rings (SSSR count). The van der Waals surface area contributed by atoms with Gasteiger partial charge in [-0.2, -0.15) is 0 Å². The molecule has 0 spiro atoms. The van der Waals surface area contributed by atoms with Gasteiger partial charge in [0.05, 0.1) is 33.8 Å². The van der Waals surface area contributed by atoms with Crippen LogP contribution in [-0.4, -0.2) is 67.6 Å². The molecule has 0 radical (unpaired) electrons. The molecule has 400 valence electrons. The molecule has 18 heteroatoms. The number of nitrogens with zero attached hydrogens (tertiary/aromatic N) is 4. The number of aromatic nitrogens is 4. The first kappa shape index (κ1) is 58.5. The number of fused-ring (bicyclic) bond motifs is 2. The average molecular weight is 1110 g/mol. The summed E-state index contributed by atoms with van der Waals surface area (Å²) in [4.78, 5) is 55.9. The van der Waals surface area contributed by atoms with Gasteiger partial charge in [0, 0.05) is 57.8 Å². The number of amides is 3. The van der Waals surface area contributed by atoms with E-state index in [0.717, 1.165) is 92.3 Å². The zero-order chi connectivity index (χ0) is 51.1. The Labute approximate surface area is 467 Å². The zero-order valence-electron chi connectivity index (χ0n) is 42.0. The third kappa shape index (κ3) is 15.0. The van der Waals surface area contributed by atoms with Crippen molar-refractivity contribution in [2.45, 2.75) is 122 Å². The lowest BCUT2D eigenvalue weighted by molar-refractivity contribution is 0.0635. The SMILES string of the molecule is C.CC(C)(C)OC(=O)Nc1ccc(C(=O)N[C@H]2CCC[C@@H](Nc3ncc(Cl)c(C4=CCc5ccccc54)n3)C2)cc1.Cl.Cl.Nc1ccc(C(=O)N[C@H]2CCC[C@@H](Nc3ncc(Cl)c(C4=CCc5ccccc54)n3)C2)cc1. The number of hydrogen-bond acceptors (Lipinski definition) is 11. The number of carbonyl (C=O) groups excluding carboxylic acids is 3. The summed E-state index contributed by atoms with van der Waals surface area (Å²) < 4.78 is 5.27. The van der Waals surface area contributed by atoms with Crippen LogP contribution in [0.4, 0.5) is 28.1 Å². The maximum Gasteiger partial charge on any atom is 0.412 e. The van der Waals surface area contributed by atoms with Crippen molar-refractivity contribution in [3.05, 3.63) is 176 Å². The molecule has 0 saturated heterocycles. The van der Waals surface area contributed by atoms with Crippen LogP contribution in [0.2, 0.25) is 10.0 Å². The third-order valence-electron chi connectivity index (χ3n) is 13.3. The number of rotatable bonds is 11. The van der Waals surface area contributed by atoms with Crippen molar-refractivity contribution in [1.82, 2.24) is 30.6 Å². The second kappa shape index (κ2) is 26.4. The molecule has 2 saturated carbocycles. The molecule has 14 nitrogen and oxygen atoms in total. The van der Waals surface area contributed by atoms with Crippen molar-refractivity contribution >= 4 is 100 Å². The van der Waals surface area contributed by atoms with E-state index in [1.54, 1.807) is 81.7 Å². The van der Waals surface area contributed by atoms with Gasteiger partial charge in [0.1, 0.15) is 5.60 Å². The van der Waals surface area contributed by atoms with E-state index in [0.29, 0.717) is 44.4 Å². The third-order valence-corrected chi connectivity index (χ3v) is 13.9. The lowest BCUT2D eigenvalue weighted by Crippen LogP contribution is -2.42. The summed E-state index contributed by atoms with van der Waals surface area (Å²) >= 11 is 13.0. The molecule has 76 heavy (non-hydrogen) atoms. The van der Waals surface area contributed by atoms with Crippen molar-refractivity contribution in [1.29, 1.82) is 0 Å². The molecule has 0 aliphatic heterocycles. The van der Waals surface area contributed by atoms with Crippen LogP contribution in [0.5, 0.6) is 0 Å². The fourth-order valence-electron chi connectivity index (χ4n) is 9.83. The lowest BCUT2D eigenvalue weighted by atomic mass is 9.91. The summed E-state index contributed by atoms with van der Waals surface area (Å²) in [6.45, 7) is 5.41. The summed E-state index contributed by atoms with van der Waals surface area (Å²) in [5, 5.41) is 17.0. The van der Waals surface area contributed by atoms with E-state index < -0.39 is 11.7 Å². The Morgan fingerprint density at radius 2 is 1.03 bits per heavy atom. The molecular formula is C58H66Cl4N10O4. The Kier molecular flexibility index (Phi) is 20.3. The predicted molar refractivity (Wildman–Crippen MR) is 311 cm³/mol. The van der Waals surface area contributed by atoms with Gasteiger partial charge in [-0.1, -0.05) is 91.3 Å². The maximum atomic E-state index is 12.9.